The van der Waals surface area contributed by atoms with Gasteiger partial charge in [-0.25, -0.2) is 0 Å². The van der Waals surface area contributed by atoms with Crippen LogP contribution in [0.3, 0.4) is 0 Å². The number of thioether (sulfide) groups is 1. The lowest BCUT2D eigenvalue weighted by Gasteiger charge is -2.10. The molecule has 4 aromatic rings. The highest BCUT2D eigenvalue weighted by Crippen LogP contribution is 2.32. The van der Waals surface area contributed by atoms with E-state index in [1.807, 2.05) is 49.5 Å². The number of ether oxygens (including phenoxy) is 1. The van der Waals surface area contributed by atoms with Crippen LogP contribution in [-0.2, 0) is 4.74 Å². The van der Waals surface area contributed by atoms with Gasteiger partial charge in [0.2, 0.25) is 0 Å². The second-order valence-corrected chi connectivity index (χ2v) is 7.41. The number of aromatic amines is 1. The number of hydrogen-bond acceptors (Lipinski definition) is 4. The monoisotopic (exact) mass is 398 g/mol. The van der Waals surface area contributed by atoms with E-state index >= 15 is 0 Å². The lowest BCUT2D eigenvalue weighted by atomic mass is 10.1. The van der Waals surface area contributed by atoms with E-state index in [-0.39, 0.29) is 0 Å². The fourth-order valence-electron chi connectivity index (χ4n) is 2.95. The maximum absolute atomic E-state index is 6.08. The number of aromatic nitrogens is 4. The molecule has 27 heavy (non-hydrogen) atoms. The average molecular weight is 399 g/mol. The number of fused-ring (bicyclic) bond motifs is 1. The second-order valence-electron chi connectivity index (χ2n) is 5.91. The van der Waals surface area contributed by atoms with Crippen LogP contribution in [0.25, 0.3) is 28.0 Å². The Morgan fingerprint density at radius 1 is 1.11 bits per heavy atom. The van der Waals surface area contributed by atoms with Crippen LogP contribution in [0.1, 0.15) is 6.92 Å². The van der Waals surface area contributed by atoms with E-state index in [0.717, 1.165) is 38.9 Å². The van der Waals surface area contributed by atoms with Gasteiger partial charge in [-0.2, -0.15) is 0 Å². The Kier molecular flexibility index (Phi) is 5.48. The molecule has 138 valence electrons. The first-order valence-corrected chi connectivity index (χ1v) is 10.1. The SMILES string of the molecule is CCOCCSc1nnc(-c2c[nH]c3ccccc23)n1-c1ccc(Cl)cc1. The molecule has 2 aromatic carbocycles. The fourth-order valence-corrected chi connectivity index (χ4v) is 3.88. The Morgan fingerprint density at radius 3 is 2.74 bits per heavy atom. The second kappa shape index (κ2) is 8.17. The van der Waals surface area contributed by atoms with Crippen molar-refractivity contribution in [3.8, 4) is 17.1 Å². The van der Waals surface area contributed by atoms with Crippen molar-refractivity contribution in [2.24, 2.45) is 0 Å². The predicted molar refractivity (Wildman–Crippen MR) is 111 cm³/mol. The van der Waals surface area contributed by atoms with Crippen molar-refractivity contribution in [1.82, 2.24) is 19.7 Å². The topological polar surface area (TPSA) is 55.7 Å². The van der Waals surface area contributed by atoms with Crippen LogP contribution in [0.15, 0.2) is 59.9 Å². The minimum absolute atomic E-state index is 0.678. The number of H-pyrrole nitrogens is 1. The highest BCUT2D eigenvalue weighted by atomic mass is 35.5. The van der Waals surface area contributed by atoms with Crippen molar-refractivity contribution in [3.63, 3.8) is 0 Å². The number of nitrogens with one attached hydrogen (secondary N) is 1. The summed E-state index contributed by atoms with van der Waals surface area (Å²) in [5, 5.41) is 11.6. The molecule has 0 saturated heterocycles. The standard InChI is InChI=1S/C20H19ClN4OS/c1-2-26-11-12-27-20-24-23-19(25(20)15-9-7-14(21)8-10-15)17-13-22-18-6-4-3-5-16(17)18/h3-10,13,22H,2,11-12H2,1H3. The molecule has 7 heteroatoms. The van der Waals surface area contributed by atoms with Gasteiger partial charge in [0, 0.05) is 45.7 Å². The van der Waals surface area contributed by atoms with E-state index in [0.29, 0.717) is 18.2 Å². The third kappa shape index (κ3) is 3.74. The van der Waals surface area contributed by atoms with E-state index in [9.17, 15) is 0 Å². The van der Waals surface area contributed by atoms with Crippen LogP contribution in [0.5, 0.6) is 0 Å². The van der Waals surface area contributed by atoms with Gasteiger partial charge in [0.15, 0.2) is 11.0 Å². The maximum Gasteiger partial charge on any atom is 0.196 e. The lowest BCUT2D eigenvalue weighted by Crippen LogP contribution is -2.01. The Labute approximate surface area is 166 Å². The largest absolute Gasteiger partial charge is 0.381 e. The molecule has 5 nitrogen and oxygen atoms in total. The molecule has 0 fully saturated rings. The van der Waals surface area contributed by atoms with Crippen LogP contribution in [0.4, 0.5) is 0 Å². The Morgan fingerprint density at radius 2 is 1.93 bits per heavy atom. The summed E-state index contributed by atoms with van der Waals surface area (Å²) in [6.45, 7) is 3.39. The normalized spacial score (nSPS) is 11.3. The lowest BCUT2D eigenvalue weighted by molar-refractivity contribution is 0.164. The molecule has 0 bridgehead atoms. The van der Waals surface area contributed by atoms with Gasteiger partial charge < -0.3 is 9.72 Å². The zero-order valence-electron chi connectivity index (χ0n) is 14.9. The van der Waals surface area contributed by atoms with Crippen LogP contribution >= 0.6 is 23.4 Å². The third-order valence-electron chi connectivity index (χ3n) is 4.21. The molecule has 0 amide bonds. The molecule has 0 unspecified atom stereocenters. The first-order chi connectivity index (χ1) is 13.3. The first kappa shape index (κ1) is 18.1. The van der Waals surface area contributed by atoms with E-state index in [4.69, 9.17) is 16.3 Å². The quantitative estimate of drug-likeness (QED) is 0.343. The zero-order chi connectivity index (χ0) is 18.6. The summed E-state index contributed by atoms with van der Waals surface area (Å²) in [5.74, 6) is 1.61. The highest BCUT2D eigenvalue weighted by molar-refractivity contribution is 7.99. The summed E-state index contributed by atoms with van der Waals surface area (Å²) >= 11 is 7.71. The minimum atomic E-state index is 0.678. The van der Waals surface area contributed by atoms with Gasteiger partial charge in [0.25, 0.3) is 0 Å². The Bertz CT molecular complexity index is 1040. The van der Waals surface area contributed by atoms with Crippen molar-refractivity contribution in [2.75, 3.05) is 19.0 Å². The van der Waals surface area contributed by atoms with Crippen molar-refractivity contribution in [1.29, 1.82) is 0 Å². The summed E-state index contributed by atoms with van der Waals surface area (Å²) in [5.41, 5.74) is 3.07. The van der Waals surface area contributed by atoms with Gasteiger partial charge in [0.1, 0.15) is 0 Å². The van der Waals surface area contributed by atoms with E-state index in [1.54, 1.807) is 11.8 Å². The van der Waals surface area contributed by atoms with Gasteiger partial charge in [-0.05, 0) is 37.3 Å². The maximum atomic E-state index is 6.08. The number of rotatable bonds is 7. The Balaban J connectivity index is 1.79. The first-order valence-electron chi connectivity index (χ1n) is 8.76. The molecule has 0 saturated carbocycles. The molecule has 2 heterocycles. The third-order valence-corrected chi connectivity index (χ3v) is 5.36. The van der Waals surface area contributed by atoms with Gasteiger partial charge in [-0.15, -0.1) is 10.2 Å². The summed E-state index contributed by atoms with van der Waals surface area (Å²) < 4.78 is 7.52. The van der Waals surface area contributed by atoms with Gasteiger partial charge in [0.05, 0.1) is 6.61 Å². The van der Waals surface area contributed by atoms with E-state index in [1.165, 1.54) is 0 Å². The summed E-state index contributed by atoms with van der Waals surface area (Å²) in [4.78, 5) is 3.31. The molecule has 2 aromatic heterocycles. The smallest absolute Gasteiger partial charge is 0.196 e. The number of benzene rings is 2. The number of para-hydroxylation sites is 1. The molecule has 0 aliphatic heterocycles. The van der Waals surface area contributed by atoms with E-state index < -0.39 is 0 Å². The number of halogens is 1. The van der Waals surface area contributed by atoms with Crippen LogP contribution in [0, 0.1) is 0 Å². The van der Waals surface area contributed by atoms with Crippen LogP contribution in [0.2, 0.25) is 5.02 Å². The number of hydrogen-bond donors (Lipinski definition) is 1. The van der Waals surface area contributed by atoms with Crippen LogP contribution < -0.4 is 0 Å². The van der Waals surface area contributed by atoms with E-state index in [2.05, 4.69) is 31.9 Å². The molecule has 0 aliphatic carbocycles. The predicted octanol–water partition coefficient (Wildman–Crippen LogP) is 5.20. The Hall–Kier alpha value is -2.28. The minimum Gasteiger partial charge on any atom is -0.381 e. The van der Waals surface area contributed by atoms with Gasteiger partial charge in [-0.3, -0.25) is 4.57 Å². The van der Waals surface area contributed by atoms with Crippen molar-refractivity contribution in [2.45, 2.75) is 12.1 Å². The summed E-state index contributed by atoms with van der Waals surface area (Å²) in [6, 6.07) is 15.9. The average Bonchev–Trinajstić information content (AvgIpc) is 3.30. The molecule has 0 spiro atoms. The fraction of sp³-hybridized carbons (Fsp3) is 0.200. The van der Waals surface area contributed by atoms with Crippen LogP contribution in [-0.4, -0.2) is 38.7 Å². The van der Waals surface area contributed by atoms with Crippen molar-refractivity contribution < 1.29 is 4.74 Å². The highest BCUT2D eigenvalue weighted by Gasteiger charge is 2.18. The molecule has 0 atom stereocenters. The molecular formula is C20H19ClN4OS. The van der Waals surface area contributed by atoms with Crippen molar-refractivity contribution >= 4 is 34.3 Å². The molecular weight excluding hydrogens is 380 g/mol. The molecule has 0 aliphatic rings. The molecule has 1 N–H and O–H groups in total. The summed E-state index contributed by atoms with van der Waals surface area (Å²) in [7, 11) is 0. The van der Waals surface area contributed by atoms with Crippen molar-refractivity contribution in [3.05, 3.63) is 59.8 Å². The van der Waals surface area contributed by atoms with Gasteiger partial charge >= 0.3 is 0 Å². The van der Waals surface area contributed by atoms with Gasteiger partial charge in [-0.1, -0.05) is 41.6 Å². The number of nitrogens with zero attached hydrogens (tertiary/aromatic N) is 3. The molecule has 0 radical (unpaired) electrons. The zero-order valence-corrected chi connectivity index (χ0v) is 16.4. The molecule has 4 rings (SSSR count). The summed E-state index contributed by atoms with van der Waals surface area (Å²) in [6.07, 6.45) is 1.98.